The van der Waals surface area contributed by atoms with Crippen LogP contribution >= 0.6 is 0 Å². The minimum absolute atomic E-state index is 0.0909. The molecule has 1 spiro atoms. The summed E-state index contributed by atoms with van der Waals surface area (Å²) in [6, 6.07) is 8.66. The fourth-order valence-electron chi connectivity index (χ4n) is 11.3. The summed E-state index contributed by atoms with van der Waals surface area (Å²) in [5.41, 5.74) is 23.8. The Labute approximate surface area is 432 Å². The second-order valence-corrected chi connectivity index (χ2v) is 21.2. The van der Waals surface area contributed by atoms with E-state index in [1.807, 2.05) is 13.8 Å². The summed E-state index contributed by atoms with van der Waals surface area (Å²) in [6.45, 7) is 19.1. The van der Waals surface area contributed by atoms with Crippen molar-refractivity contribution in [2.24, 2.45) is 10.2 Å². The normalized spacial score (nSPS) is 15.9. The molecule has 0 radical (unpaired) electrons. The number of methoxy groups -OCH3 is 2. The number of nitrogens with one attached hydrogen (secondary N) is 2. The van der Waals surface area contributed by atoms with E-state index >= 15 is 0 Å². The van der Waals surface area contributed by atoms with Crippen LogP contribution < -0.4 is 18.9 Å². The lowest BCUT2D eigenvalue weighted by Gasteiger charge is -2.31. The van der Waals surface area contributed by atoms with Crippen molar-refractivity contribution in [2.45, 2.75) is 200 Å². The number of nitrogens with zero attached hydrogens (tertiary/aromatic N) is 12. The number of aromatic amines is 2. The molecule has 8 rings (SSSR count). The molecule has 1 unspecified atom stereocenters. The van der Waals surface area contributed by atoms with E-state index in [-0.39, 0.29) is 16.2 Å². The van der Waals surface area contributed by atoms with Crippen LogP contribution in [0.15, 0.2) is 34.5 Å². The van der Waals surface area contributed by atoms with Gasteiger partial charge in [-0.3, -0.25) is 0 Å². The highest BCUT2D eigenvalue weighted by molar-refractivity contribution is 5.86. The summed E-state index contributed by atoms with van der Waals surface area (Å²) < 4.78 is 25.2. The molecule has 5 aromatic rings. The number of aromatic nitrogens is 8. The number of hydrogen-bond acceptors (Lipinski definition) is 12. The van der Waals surface area contributed by atoms with Crippen LogP contribution in [0.5, 0.6) is 34.5 Å². The minimum atomic E-state index is -0.259. The van der Waals surface area contributed by atoms with Crippen molar-refractivity contribution in [1.82, 2.24) is 41.2 Å². The number of tetrazole rings is 2. The number of benzene rings is 3. The number of H-pyrrole nitrogens is 2. The smallest absolute Gasteiger partial charge is 0.208 e. The summed E-state index contributed by atoms with van der Waals surface area (Å²) in [7, 11) is 3.38. The van der Waals surface area contributed by atoms with Crippen molar-refractivity contribution in [1.29, 1.82) is 0 Å². The van der Waals surface area contributed by atoms with E-state index in [0.29, 0.717) is 58.9 Å². The highest BCUT2D eigenvalue weighted by atomic mass is 16.6. The van der Waals surface area contributed by atoms with Crippen LogP contribution in [0.25, 0.3) is 43.7 Å². The zero-order chi connectivity index (χ0) is 52.4. The number of rotatable bonds is 24. The maximum absolute atomic E-state index is 8.05. The van der Waals surface area contributed by atoms with E-state index < -0.39 is 0 Å². The SMILES string of the molecule is CCCCCCCCCCCN=[N+]=[N-].CCCCCCCCCCCN=[N+]=[N-].COc1cc2c(cc1OC)C1(CC2(C)C)CC(C)(C)c2cc3c(cc21)Oc1c(c(-c2nn[nH]n2)c(C)c(C)c1-c1nn[nH]n1)O3. The zero-order valence-electron chi connectivity index (χ0n) is 45.4. The average Bonchev–Trinajstić information content (AvgIpc) is 4.19. The first kappa shape index (κ1) is 55.9. The van der Waals surface area contributed by atoms with Crippen LogP contribution in [0.3, 0.4) is 0 Å². The van der Waals surface area contributed by atoms with Gasteiger partial charge in [-0.25, -0.2) is 0 Å². The lowest BCUT2D eigenvalue weighted by atomic mass is 9.72. The molecule has 0 saturated heterocycles. The zero-order valence-corrected chi connectivity index (χ0v) is 45.4. The molecule has 0 amide bonds. The summed E-state index contributed by atoms with van der Waals surface area (Å²) in [4.78, 5) is 5.46. The van der Waals surface area contributed by atoms with Gasteiger partial charge in [0.05, 0.1) is 25.3 Å². The second kappa shape index (κ2) is 26.5. The van der Waals surface area contributed by atoms with E-state index in [1.165, 1.54) is 125 Å². The second-order valence-electron chi connectivity index (χ2n) is 21.2. The fourth-order valence-corrected chi connectivity index (χ4v) is 11.3. The molecule has 18 heteroatoms. The number of hydrogen-bond donors (Lipinski definition) is 2. The summed E-state index contributed by atoms with van der Waals surface area (Å²) in [5, 5.41) is 36.9. The van der Waals surface area contributed by atoms with Gasteiger partial charge in [0, 0.05) is 28.3 Å². The van der Waals surface area contributed by atoms with Crippen LogP contribution in [-0.4, -0.2) is 68.6 Å². The molecule has 0 bridgehead atoms. The van der Waals surface area contributed by atoms with Gasteiger partial charge in [0.1, 0.15) is 0 Å². The van der Waals surface area contributed by atoms with Crippen molar-refractivity contribution in [3.05, 3.63) is 78.5 Å². The molecule has 73 heavy (non-hydrogen) atoms. The van der Waals surface area contributed by atoms with Crippen molar-refractivity contribution in [3.63, 3.8) is 0 Å². The maximum Gasteiger partial charge on any atom is 0.208 e. The van der Waals surface area contributed by atoms with Gasteiger partial charge < -0.3 is 18.9 Å². The number of azide groups is 2. The van der Waals surface area contributed by atoms with Crippen LogP contribution in [0.1, 0.15) is 203 Å². The van der Waals surface area contributed by atoms with Gasteiger partial charge in [-0.1, -0.05) is 155 Å². The van der Waals surface area contributed by atoms with Crippen LogP contribution in [0.2, 0.25) is 0 Å². The van der Waals surface area contributed by atoms with E-state index in [1.54, 1.807) is 14.2 Å². The first-order valence-electron chi connectivity index (χ1n) is 26.8. The molecule has 3 aromatic carbocycles. The highest BCUT2D eigenvalue weighted by Gasteiger charge is 2.57. The monoisotopic (exact) mass is 1000 g/mol. The van der Waals surface area contributed by atoms with Crippen molar-refractivity contribution >= 4 is 0 Å². The Morgan fingerprint density at radius 1 is 0.548 bits per heavy atom. The molecule has 0 fully saturated rings. The van der Waals surface area contributed by atoms with Crippen LogP contribution in [0, 0.1) is 13.8 Å². The quantitative estimate of drug-likeness (QED) is 0.0251. The van der Waals surface area contributed by atoms with E-state index in [0.717, 1.165) is 48.3 Å². The highest BCUT2D eigenvalue weighted by Crippen LogP contribution is 2.66. The van der Waals surface area contributed by atoms with Crippen LogP contribution in [-0.2, 0) is 16.2 Å². The molecule has 2 aromatic heterocycles. The van der Waals surface area contributed by atoms with Gasteiger partial charge in [0.15, 0.2) is 34.5 Å². The van der Waals surface area contributed by atoms with Gasteiger partial charge in [0.2, 0.25) is 11.6 Å². The standard InChI is InChI=1S/C33H34N8O4.2C11H23N3/c1-15-16(2)26(30-36-40-41-37-30)28-27(25(15)29-34-38-39-35-29)44-23-10-18-20(12-24(23)45-28)33(14-32(18,5)6)13-31(3,4)17-9-21(42-7)22(43-8)11-19(17)33;2*1-2-3-4-5-6-7-8-9-10-11-13-14-12/h9-12H,13-14H2,1-8H3,(H,34,35,38,39)(H,36,37,40,41);2*2-11H2,1H3. The number of unbranched alkanes of at least 4 members (excludes halogenated alkanes) is 16. The molecular weight excluding hydrogens is 921 g/mol. The van der Waals surface area contributed by atoms with E-state index in [4.69, 9.17) is 30.0 Å². The Hall–Kier alpha value is -6.38. The van der Waals surface area contributed by atoms with Gasteiger partial charge in [-0.15, -0.1) is 20.4 Å². The van der Waals surface area contributed by atoms with E-state index in [2.05, 4.69) is 127 Å². The van der Waals surface area contributed by atoms with Gasteiger partial charge in [-0.05, 0) is 129 Å². The summed E-state index contributed by atoms with van der Waals surface area (Å²) in [5.74, 6) is 4.52. The first-order chi connectivity index (χ1) is 35.3. The van der Waals surface area contributed by atoms with Crippen LogP contribution in [0.4, 0.5) is 0 Å². The predicted octanol–water partition coefficient (Wildman–Crippen LogP) is 15.9. The Balaban J connectivity index is 0.000000256. The van der Waals surface area contributed by atoms with Crippen molar-refractivity contribution < 1.29 is 18.9 Å². The molecule has 394 valence electrons. The van der Waals surface area contributed by atoms with Gasteiger partial charge >= 0.3 is 0 Å². The molecule has 0 saturated carbocycles. The molecular formula is C55H80N14O4. The lowest BCUT2D eigenvalue weighted by molar-refractivity contribution is 0.347. The molecule has 3 heterocycles. The third-order valence-corrected chi connectivity index (χ3v) is 15.0. The lowest BCUT2D eigenvalue weighted by Crippen LogP contribution is -2.27. The summed E-state index contributed by atoms with van der Waals surface area (Å²) >= 11 is 0. The molecule has 2 N–H and O–H groups in total. The molecule has 3 aliphatic rings. The third-order valence-electron chi connectivity index (χ3n) is 15.0. The Morgan fingerprint density at radius 2 is 0.904 bits per heavy atom. The van der Waals surface area contributed by atoms with Gasteiger partial charge in [0.25, 0.3) is 0 Å². The molecule has 1 atom stereocenters. The largest absolute Gasteiger partial charge is 0.493 e. The summed E-state index contributed by atoms with van der Waals surface area (Å²) in [6.07, 6.45) is 25.5. The topological polar surface area (TPSA) is 243 Å². The van der Waals surface area contributed by atoms with Crippen molar-refractivity contribution in [2.75, 3.05) is 27.3 Å². The Kier molecular flexibility index (Phi) is 20.3. The Morgan fingerprint density at radius 3 is 1.27 bits per heavy atom. The van der Waals surface area contributed by atoms with Crippen molar-refractivity contribution in [3.8, 4) is 57.3 Å². The van der Waals surface area contributed by atoms with Gasteiger partial charge in [-0.2, -0.15) is 10.4 Å². The van der Waals surface area contributed by atoms with E-state index in [9.17, 15) is 0 Å². The minimum Gasteiger partial charge on any atom is -0.493 e. The first-order valence-corrected chi connectivity index (χ1v) is 26.8. The fraction of sp³-hybridized carbons (Fsp3) is 0.636. The molecule has 18 nitrogen and oxygen atoms in total. The molecule has 1 aliphatic heterocycles. The Bertz CT molecular complexity index is 2620. The third kappa shape index (κ3) is 13.2. The average molecular weight is 1000 g/mol. The molecule has 2 aliphatic carbocycles. The number of fused-ring (bicyclic) bond motifs is 6. The maximum atomic E-state index is 8.05. The number of ether oxygens (including phenoxy) is 4. The predicted molar refractivity (Wildman–Crippen MR) is 287 cm³/mol.